The lowest BCUT2D eigenvalue weighted by Gasteiger charge is -2.13. The van der Waals surface area contributed by atoms with E-state index in [4.69, 9.17) is 11.6 Å². The minimum atomic E-state index is 0.168. The number of rotatable bonds is 4. The zero-order chi connectivity index (χ0) is 13.1. The van der Waals surface area contributed by atoms with Crippen LogP contribution in [-0.4, -0.2) is 37.5 Å². The molecule has 1 aromatic rings. The van der Waals surface area contributed by atoms with Gasteiger partial charge in [0, 0.05) is 38.1 Å². The van der Waals surface area contributed by atoms with Crippen molar-refractivity contribution >= 4 is 17.5 Å². The minimum absolute atomic E-state index is 0.168. The van der Waals surface area contributed by atoms with Gasteiger partial charge in [0.25, 0.3) is 0 Å². The Labute approximate surface area is 113 Å². The van der Waals surface area contributed by atoms with Gasteiger partial charge in [-0.05, 0) is 36.1 Å². The van der Waals surface area contributed by atoms with E-state index in [-0.39, 0.29) is 5.91 Å². The first-order valence-corrected chi connectivity index (χ1v) is 6.65. The maximum atomic E-state index is 11.4. The number of amides is 1. The van der Waals surface area contributed by atoms with Crippen molar-refractivity contribution in [2.45, 2.75) is 25.3 Å². The van der Waals surface area contributed by atoms with Crippen molar-refractivity contribution in [1.29, 1.82) is 0 Å². The lowest BCUT2D eigenvalue weighted by molar-refractivity contribution is -0.128. The Morgan fingerprint density at radius 3 is 2.83 bits per heavy atom. The summed E-state index contributed by atoms with van der Waals surface area (Å²) in [5, 5.41) is 4.25. The SMILES string of the molecule is CN(C)C(=O)CCNC1Cc2ccc(Cl)cc2C1. The van der Waals surface area contributed by atoms with E-state index in [1.54, 1.807) is 19.0 Å². The van der Waals surface area contributed by atoms with Crippen LogP contribution >= 0.6 is 11.6 Å². The van der Waals surface area contributed by atoms with Gasteiger partial charge in [0.2, 0.25) is 5.91 Å². The molecule has 98 valence electrons. The average Bonchev–Trinajstić information content (AvgIpc) is 2.70. The number of fused-ring (bicyclic) bond motifs is 1. The zero-order valence-corrected chi connectivity index (χ0v) is 11.6. The smallest absolute Gasteiger partial charge is 0.223 e. The Bertz CT molecular complexity index is 445. The zero-order valence-electron chi connectivity index (χ0n) is 10.9. The van der Waals surface area contributed by atoms with Gasteiger partial charge >= 0.3 is 0 Å². The largest absolute Gasteiger partial charge is 0.349 e. The highest BCUT2D eigenvalue weighted by Gasteiger charge is 2.21. The Balaban J connectivity index is 1.80. The van der Waals surface area contributed by atoms with Crippen LogP contribution in [0.15, 0.2) is 18.2 Å². The van der Waals surface area contributed by atoms with E-state index >= 15 is 0 Å². The number of halogens is 1. The molecule has 1 aromatic carbocycles. The Morgan fingerprint density at radius 2 is 2.11 bits per heavy atom. The predicted octanol–water partition coefficient (Wildman–Crippen LogP) is 1.88. The molecule has 3 nitrogen and oxygen atoms in total. The molecule has 1 atom stereocenters. The summed E-state index contributed by atoms with van der Waals surface area (Å²) in [5.74, 6) is 0.168. The Morgan fingerprint density at radius 1 is 1.39 bits per heavy atom. The van der Waals surface area contributed by atoms with Crippen LogP contribution in [0.5, 0.6) is 0 Å². The fourth-order valence-electron chi connectivity index (χ4n) is 2.34. The number of nitrogens with one attached hydrogen (secondary N) is 1. The number of hydrogen-bond donors (Lipinski definition) is 1. The van der Waals surface area contributed by atoms with Gasteiger partial charge in [0.05, 0.1) is 0 Å². The van der Waals surface area contributed by atoms with Crippen LogP contribution in [0, 0.1) is 0 Å². The summed E-state index contributed by atoms with van der Waals surface area (Å²) in [6.07, 6.45) is 2.59. The second kappa shape index (κ2) is 5.72. The summed E-state index contributed by atoms with van der Waals surface area (Å²) in [6.45, 7) is 0.739. The average molecular weight is 267 g/mol. The summed E-state index contributed by atoms with van der Waals surface area (Å²) in [6, 6.07) is 6.53. The topological polar surface area (TPSA) is 32.3 Å². The van der Waals surface area contributed by atoms with E-state index in [9.17, 15) is 4.79 Å². The molecule has 0 saturated heterocycles. The van der Waals surface area contributed by atoms with Gasteiger partial charge < -0.3 is 10.2 Å². The van der Waals surface area contributed by atoms with Gasteiger partial charge in [0.1, 0.15) is 0 Å². The van der Waals surface area contributed by atoms with Gasteiger partial charge in [-0.15, -0.1) is 0 Å². The van der Waals surface area contributed by atoms with Crippen LogP contribution in [0.4, 0.5) is 0 Å². The summed E-state index contributed by atoms with van der Waals surface area (Å²) in [4.78, 5) is 13.1. The van der Waals surface area contributed by atoms with Gasteiger partial charge in [-0.2, -0.15) is 0 Å². The lowest BCUT2D eigenvalue weighted by Crippen LogP contribution is -2.33. The molecular formula is C14H19ClN2O. The standard InChI is InChI=1S/C14H19ClN2O/c1-17(2)14(18)5-6-16-13-8-10-3-4-12(15)7-11(10)9-13/h3-4,7,13,16H,5-6,8-9H2,1-2H3. The van der Waals surface area contributed by atoms with E-state index in [0.29, 0.717) is 12.5 Å². The van der Waals surface area contributed by atoms with Crippen molar-refractivity contribution in [3.8, 4) is 0 Å². The highest BCUT2D eigenvalue weighted by molar-refractivity contribution is 6.30. The van der Waals surface area contributed by atoms with Crippen LogP contribution < -0.4 is 5.32 Å². The molecule has 1 N–H and O–H groups in total. The molecule has 0 saturated carbocycles. The molecule has 1 amide bonds. The molecule has 0 bridgehead atoms. The first-order chi connectivity index (χ1) is 8.56. The van der Waals surface area contributed by atoms with E-state index in [0.717, 1.165) is 24.4 Å². The summed E-state index contributed by atoms with van der Waals surface area (Å²) < 4.78 is 0. The summed E-state index contributed by atoms with van der Waals surface area (Å²) in [5.41, 5.74) is 2.70. The highest BCUT2D eigenvalue weighted by Crippen LogP contribution is 2.25. The second-order valence-corrected chi connectivity index (χ2v) is 5.45. The maximum absolute atomic E-state index is 11.4. The molecule has 1 aliphatic carbocycles. The quantitative estimate of drug-likeness (QED) is 0.903. The van der Waals surface area contributed by atoms with Crippen LogP contribution in [0.3, 0.4) is 0 Å². The summed E-state index contributed by atoms with van der Waals surface area (Å²) >= 11 is 5.98. The molecule has 0 aliphatic heterocycles. The van der Waals surface area contributed by atoms with Crippen LogP contribution in [0.1, 0.15) is 17.5 Å². The molecule has 0 fully saturated rings. The fourth-order valence-corrected chi connectivity index (χ4v) is 2.53. The Kier molecular flexibility index (Phi) is 4.25. The van der Waals surface area contributed by atoms with Gasteiger partial charge in [-0.1, -0.05) is 17.7 Å². The number of benzene rings is 1. The van der Waals surface area contributed by atoms with Crippen molar-refractivity contribution < 1.29 is 4.79 Å². The van der Waals surface area contributed by atoms with E-state index in [1.807, 2.05) is 12.1 Å². The number of nitrogens with zero attached hydrogens (tertiary/aromatic N) is 1. The van der Waals surface area contributed by atoms with Crippen molar-refractivity contribution in [2.75, 3.05) is 20.6 Å². The van der Waals surface area contributed by atoms with E-state index < -0.39 is 0 Å². The van der Waals surface area contributed by atoms with E-state index in [2.05, 4.69) is 11.4 Å². The van der Waals surface area contributed by atoms with Crippen LogP contribution in [-0.2, 0) is 17.6 Å². The lowest BCUT2D eigenvalue weighted by atomic mass is 10.1. The molecule has 1 unspecified atom stereocenters. The third-order valence-corrected chi connectivity index (χ3v) is 3.61. The molecule has 1 aliphatic rings. The molecule has 0 heterocycles. The molecule has 0 radical (unpaired) electrons. The van der Waals surface area contributed by atoms with Crippen LogP contribution in [0.25, 0.3) is 0 Å². The molecule has 4 heteroatoms. The normalized spacial score (nSPS) is 17.6. The Hall–Kier alpha value is -1.06. The molecule has 0 spiro atoms. The van der Waals surface area contributed by atoms with Gasteiger partial charge in [-0.25, -0.2) is 0 Å². The van der Waals surface area contributed by atoms with Crippen LogP contribution in [0.2, 0.25) is 5.02 Å². The third-order valence-electron chi connectivity index (χ3n) is 3.37. The number of carbonyl (C=O) groups excluding carboxylic acids is 1. The number of carbonyl (C=O) groups is 1. The van der Waals surface area contributed by atoms with Crippen molar-refractivity contribution in [1.82, 2.24) is 10.2 Å². The second-order valence-electron chi connectivity index (χ2n) is 5.01. The molecule has 0 aromatic heterocycles. The summed E-state index contributed by atoms with van der Waals surface area (Å²) in [7, 11) is 3.57. The maximum Gasteiger partial charge on any atom is 0.223 e. The van der Waals surface area contributed by atoms with Gasteiger partial charge in [-0.3, -0.25) is 4.79 Å². The molecular weight excluding hydrogens is 248 g/mol. The van der Waals surface area contributed by atoms with Gasteiger partial charge in [0.15, 0.2) is 0 Å². The minimum Gasteiger partial charge on any atom is -0.349 e. The molecule has 18 heavy (non-hydrogen) atoms. The molecule has 2 rings (SSSR count). The first-order valence-electron chi connectivity index (χ1n) is 6.27. The predicted molar refractivity (Wildman–Crippen MR) is 74.0 cm³/mol. The monoisotopic (exact) mass is 266 g/mol. The third kappa shape index (κ3) is 3.24. The van der Waals surface area contributed by atoms with Crippen molar-refractivity contribution in [2.24, 2.45) is 0 Å². The van der Waals surface area contributed by atoms with Crippen molar-refractivity contribution in [3.05, 3.63) is 34.3 Å². The fraction of sp³-hybridized carbons (Fsp3) is 0.500. The van der Waals surface area contributed by atoms with E-state index in [1.165, 1.54) is 11.1 Å². The highest BCUT2D eigenvalue weighted by atomic mass is 35.5. The van der Waals surface area contributed by atoms with Crippen molar-refractivity contribution in [3.63, 3.8) is 0 Å². The first kappa shape index (κ1) is 13.4. The number of hydrogen-bond acceptors (Lipinski definition) is 2.